The van der Waals surface area contributed by atoms with Crippen molar-refractivity contribution < 1.29 is 26.3 Å². The van der Waals surface area contributed by atoms with Crippen LogP contribution in [0.1, 0.15) is 18.2 Å². The van der Waals surface area contributed by atoms with Crippen LogP contribution in [0.2, 0.25) is 0 Å². The van der Waals surface area contributed by atoms with Gasteiger partial charge in [-0.15, -0.1) is 0 Å². The number of benzene rings is 1. The second kappa shape index (κ2) is 7.04. The molecule has 0 spiro atoms. The van der Waals surface area contributed by atoms with Gasteiger partial charge in [-0.3, -0.25) is 4.72 Å². The molecule has 0 amide bonds. The summed E-state index contributed by atoms with van der Waals surface area (Å²) in [6.45, 7) is 1.72. The van der Waals surface area contributed by atoms with Crippen LogP contribution in [0.3, 0.4) is 0 Å². The smallest absolute Gasteiger partial charge is 0.263 e. The third-order valence-electron chi connectivity index (χ3n) is 4.32. The Morgan fingerprint density at radius 1 is 1.19 bits per heavy atom. The monoisotopic (exact) mass is 415 g/mol. The minimum atomic E-state index is -3.93. The molecule has 1 fully saturated rings. The van der Waals surface area contributed by atoms with Crippen LogP contribution in [0, 0.1) is 6.92 Å². The minimum absolute atomic E-state index is 0.00963. The van der Waals surface area contributed by atoms with Crippen LogP contribution < -0.4 is 14.2 Å². The first-order valence-corrected chi connectivity index (χ1v) is 11.5. The second-order valence-corrected chi connectivity index (χ2v) is 10.2. The van der Waals surface area contributed by atoms with Crippen LogP contribution >= 0.6 is 0 Å². The Bertz CT molecular complexity index is 1060. The van der Waals surface area contributed by atoms with Gasteiger partial charge in [-0.1, -0.05) is 0 Å². The fraction of sp³-hybridized carbons (Fsp3) is 0.438. The van der Waals surface area contributed by atoms with E-state index in [9.17, 15) is 16.8 Å². The standard InChI is InChI=1S/C16H21N3O6S2/c1-11-8-16(19(17-11)12-6-7-26(20,21)10-12)18-27(22,23)13-4-5-14(24-2)15(9-13)25-3/h4-5,8-9,12,18H,6-7,10H2,1-3H3. The highest BCUT2D eigenvalue weighted by atomic mass is 32.2. The maximum Gasteiger partial charge on any atom is 0.263 e. The highest BCUT2D eigenvalue weighted by Crippen LogP contribution is 2.31. The number of aromatic nitrogens is 2. The van der Waals surface area contributed by atoms with Gasteiger partial charge in [0.25, 0.3) is 10.0 Å². The molecule has 2 aromatic rings. The molecule has 1 saturated heterocycles. The van der Waals surface area contributed by atoms with E-state index in [4.69, 9.17) is 9.47 Å². The number of hydrogen-bond donors (Lipinski definition) is 1. The van der Waals surface area contributed by atoms with E-state index in [-0.39, 0.29) is 28.0 Å². The lowest BCUT2D eigenvalue weighted by molar-refractivity contribution is 0.354. The normalized spacial score (nSPS) is 19.0. The Morgan fingerprint density at radius 3 is 2.48 bits per heavy atom. The number of nitrogens with zero attached hydrogens (tertiary/aromatic N) is 2. The number of aryl methyl sites for hydroxylation is 1. The fourth-order valence-electron chi connectivity index (χ4n) is 3.02. The van der Waals surface area contributed by atoms with E-state index >= 15 is 0 Å². The van der Waals surface area contributed by atoms with Crippen molar-refractivity contribution in [3.05, 3.63) is 30.0 Å². The molecular weight excluding hydrogens is 394 g/mol. The molecule has 27 heavy (non-hydrogen) atoms. The molecule has 148 valence electrons. The van der Waals surface area contributed by atoms with Crippen LogP contribution in [0.15, 0.2) is 29.2 Å². The molecule has 0 aliphatic carbocycles. The number of methoxy groups -OCH3 is 2. The molecule has 0 bridgehead atoms. The first kappa shape index (κ1) is 19.5. The number of sulfonamides is 1. The van der Waals surface area contributed by atoms with Crippen LogP contribution in [-0.2, 0) is 19.9 Å². The molecule has 11 heteroatoms. The highest BCUT2D eigenvalue weighted by molar-refractivity contribution is 7.92. The first-order valence-electron chi connectivity index (χ1n) is 8.16. The molecule has 1 atom stereocenters. The Morgan fingerprint density at radius 2 is 1.89 bits per heavy atom. The van der Waals surface area contributed by atoms with Crippen molar-refractivity contribution in [2.24, 2.45) is 0 Å². The molecule has 1 aromatic carbocycles. The first-order chi connectivity index (χ1) is 12.6. The van der Waals surface area contributed by atoms with E-state index in [0.29, 0.717) is 17.9 Å². The van der Waals surface area contributed by atoms with Gasteiger partial charge in [-0.05, 0) is 25.5 Å². The summed E-state index contributed by atoms with van der Waals surface area (Å²) >= 11 is 0. The molecule has 1 N–H and O–H groups in total. The van der Waals surface area contributed by atoms with E-state index in [1.807, 2.05) is 0 Å². The fourth-order valence-corrected chi connectivity index (χ4v) is 5.77. The highest BCUT2D eigenvalue weighted by Gasteiger charge is 2.32. The third-order valence-corrected chi connectivity index (χ3v) is 7.42. The van der Waals surface area contributed by atoms with Crippen LogP contribution in [0.4, 0.5) is 5.82 Å². The summed E-state index contributed by atoms with van der Waals surface area (Å²) in [6.07, 6.45) is 0.397. The molecule has 3 rings (SSSR count). The number of rotatable bonds is 6. The van der Waals surface area contributed by atoms with Gasteiger partial charge in [0, 0.05) is 12.1 Å². The largest absolute Gasteiger partial charge is 0.493 e. The zero-order chi connectivity index (χ0) is 19.8. The SMILES string of the molecule is COc1ccc(S(=O)(=O)Nc2cc(C)nn2C2CCS(=O)(=O)C2)cc1OC. The Kier molecular flexibility index (Phi) is 5.08. The van der Waals surface area contributed by atoms with Gasteiger partial charge in [0.05, 0.1) is 42.4 Å². The topological polar surface area (TPSA) is 117 Å². The van der Waals surface area contributed by atoms with Crippen LogP contribution in [-0.4, -0.2) is 52.3 Å². The Labute approximate surface area is 158 Å². The van der Waals surface area contributed by atoms with Crippen LogP contribution in [0.25, 0.3) is 0 Å². The number of hydrogen-bond acceptors (Lipinski definition) is 7. The van der Waals surface area contributed by atoms with E-state index in [1.54, 1.807) is 13.0 Å². The number of sulfone groups is 1. The van der Waals surface area contributed by atoms with Gasteiger partial charge in [-0.25, -0.2) is 21.5 Å². The third kappa shape index (κ3) is 4.03. The molecule has 1 unspecified atom stereocenters. The summed E-state index contributed by atoms with van der Waals surface area (Å²) in [7, 11) is -4.19. The molecule has 1 aliphatic rings. The summed E-state index contributed by atoms with van der Waals surface area (Å²) in [5, 5.41) is 4.28. The minimum Gasteiger partial charge on any atom is -0.493 e. The molecule has 9 nitrogen and oxygen atoms in total. The van der Waals surface area contributed by atoms with Crippen molar-refractivity contribution in [3.63, 3.8) is 0 Å². The molecule has 0 saturated carbocycles. The maximum atomic E-state index is 12.8. The van der Waals surface area contributed by atoms with Crippen molar-refractivity contribution in [3.8, 4) is 11.5 Å². The lowest BCUT2D eigenvalue weighted by atomic mass is 10.3. The summed E-state index contributed by atoms with van der Waals surface area (Å²) < 4.78 is 63.4. The predicted molar refractivity (Wildman–Crippen MR) is 99.6 cm³/mol. The summed E-state index contributed by atoms with van der Waals surface area (Å²) in [5.41, 5.74) is 0.587. The van der Waals surface area contributed by atoms with Gasteiger partial charge in [-0.2, -0.15) is 5.10 Å². The predicted octanol–water partition coefficient (Wildman–Crippen LogP) is 1.37. The van der Waals surface area contributed by atoms with Gasteiger partial charge >= 0.3 is 0 Å². The van der Waals surface area contributed by atoms with E-state index in [2.05, 4.69) is 9.82 Å². The summed E-state index contributed by atoms with van der Waals surface area (Å²) in [5.74, 6) is 0.933. The average molecular weight is 415 g/mol. The lowest BCUT2D eigenvalue weighted by Crippen LogP contribution is -2.20. The second-order valence-electron chi connectivity index (χ2n) is 6.29. The van der Waals surface area contributed by atoms with Crippen molar-refractivity contribution in [2.75, 3.05) is 30.4 Å². The van der Waals surface area contributed by atoms with E-state index < -0.39 is 25.9 Å². The van der Waals surface area contributed by atoms with Crippen LogP contribution in [0.5, 0.6) is 11.5 Å². The average Bonchev–Trinajstić information content (AvgIpc) is 3.15. The van der Waals surface area contributed by atoms with Gasteiger partial charge in [0.2, 0.25) is 0 Å². The van der Waals surface area contributed by atoms with Gasteiger partial charge in [0.1, 0.15) is 5.82 Å². The Balaban J connectivity index is 1.93. The quantitative estimate of drug-likeness (QED) is 0.757. The lowest BCUT2D eigenvalue weighted by Gasteiger charge is -2.15. The van der Waals surface area contributed by atoms with Crippen molar-refractivity contribution >= 4 is 25.7 Å². The van der Waals surface area contributed by atoms with Gasteiger partial charge in [0.15, 0.2) is 21.3 Å². The number of anilines is 1. The molecule has 2 heterocycles. The Hall–Kier alpha value is -2.27. The number of nitrogens with one attached hydrogen (secondary N) is 1. The van der Waals surface area contributed by atoms with E-state index in [1.165, 1.54) is 37.1 Å². The maximum absolute atomic E-state index is 12.8. The summed E-state index contributed by atoms with van der Waals surface area (Å²) in [4.78, 5) is -0.00963. The van der Waals surface area contributed by atoms with E-state index in [0.717, 1.165) is 0 Å². The number of ether oxygens (including phenoxy) is 2. The van der Waals surface area contributed by atoms with Gasteiger partial charge < -0.3 is 9.47 Å². The zero-order valence-corrected chi connectivity index (χ0v) is 16.8. The molecular formula is C16H21N3O6S2. The molecule has 1 aliphatic heterocycles. The van der Waals surface area contributed by atoms with Crippen molar-refractivity contribution in [1.82, 2.24) is 9.78 Å². The molecule has 1 aromatic heterocycles. The zero-order valence-electron chi connectivity index (χ0n) is 15.2. The van der Waals surface area contributed by atoms with Crippen molar-refractivity contribution in [1.29, 1.82) is 0 Å². The molecule has 0 radical (unpaired) electrons. The summed E-state index contributed by atoms with van der Waals surface area (Å²) in [6, 6.07) is 5.43. The van der Waals surface area contributed by atoms with Crippen molar-refractivity contribution in [2.45, 2.75) is 24.3 Å².